The number of hydrogen-bond donors (Lipinski definition) is 0. The fraction of sp³-hybridized carbons (Fsp3) is 0.158. The Bertz CT molecular complexity index is 2210. The smallest absolute Gasteiger partial charge is 0.221 e. The summed E-state index contributed by atoms with van der Waals surface area (Å²) in [6.07, 6.45) is 3.73. The van der Waals surface area contributed by atoms with Gasteiger partial charge in [0, 0.05) is 53.4 Å². The van der Waals surface area contributed by atoms with Crippen LogP contribution in [0.25, 0.3) is 38.4 Å². The summed E-state index contributed by atoms with van der Waals surface area (Å²) in [6.45, 7) is 7.43. The molecule has 4 heterocycles. The zero-order chi connectivity index (χ0) is 30.0. The number of pyridine rings is 2. The summed E-state index contributed by atoms with van der Waals surface area (Å²) < 4.78 is 8.70. The summed E-state index contributed by atoms with van der Waals surface area (Å²) in [4.78, 5) is 14.0. The van der Waals surface area contributed by atoms with Crippen LogP contribution in [-0.2, 0) is 5.41 Å². The van der Waals surface area contributed by atoms with Crippen LogP contribution in [0.2, 0.25) is 0 Å². The zero-order valence-electron chi connectivity index (χ0n) is 25.3. The average molecular weight is 576 g/mol. The van der Waals surface area contributed by atoms with Crippen molar-refractivity contribution in [3.63, 3.8) is 0 Å². The molecule has 44 heavy (non-hydrogen) atoms. The number of rotatable bonds is 4. The van der Waals surface area contributed by atoms with Gasteiger partial charge in [-0.15, -0.1) is 0 Å². The Kier molecular flexibility index (Phi) is 5.88. The highest BCUT2D eigenvalue weighted by atomic mass is 16.5. The third kappa shape index (κ3) is 4.25. The number of benzene rings is 4. The molecule has 0 radical (unpaired) electrons. The van der Waals surface area contributed by atoms with Gasteiger partial charge in [-0.25, -0.2) is 9.97 Å². The molecule has 0 aliphatic carbocycles. The minimum atomic E-state index is 0.0123. The normalized spacial score (nSPS) is 13.3. The molecule has 0 N–H and O–H groups in total. The Hall–Kier alpha value is -5.36. The van der Waals surface area contributed by atoms with E-state index in [4.69, 9.17) is 9.72 Å². The lowest BCUT2D eigenvalue weighted by atomic mass is 9.88. The second-order valence-electron chi connectivity index (χ2n) is 12.6. The van der Waals surface area contributed by atoms with E-state index in [2.05, 4.69) is 132 Å². The van der Waals surface area contributed by atoms with E-state index in [-0.39, 0.29) is 5.41 Å². The maximum Gasteiger partial charge on any atom is 0.221 e. The molecule has 0 bridgehead atoms. The van der Waals surface area contributed by atoms with Crippen LogP contribution < -0.4 is 14.5 Å². The first kappa shape index (κ1) is 26.3. The van der Waals surface area contributed by atoms with Crippen LogP contribution in [0.15, 0.2) is 116 Å². The van der Waals surface area contributed by atoms with E-state index in [9.17, 15) is 0 Å². The van der Waals surface area contributed by atoms with Gasteiger partial charge in [0.2, 0.25) is 5.88 Å². The fourth-order valence-electron chi connectivity index (χ4n) is 6.42. The van der Waals surface area contributed by atoms with Crippen molar-refractivity contribution in [3.05, 3.63) is 121 Å². The quantitative estimate of drug-likeness (QED) is 0.209. The van der Waals surface area contributed by atoms with Gasteiger partial charge in [0.05, 0.1) is 29.1 Å². The molecule has 0 spiro atoms. The first-order chi connectivity index (χ1) is 21.3. The van der Waals surface area contributed by atoms with Crippen molar-refractivity contribution >= 4 is 49.6 Å². The molecule has 0 fully saturated rings. The Labute approximate surface area is 256 Å². The van der Waals surface area contributed by atoms with Gasteiger partial charge in [0.1, 0.15) is 11.6 Å². The number of aromatic nitrogens is 3. The second kappa shape index (κ2) is 9.85. The van der Waals surface area contributed by atoms with Crippen molar-refractivity contribution in [2.45, 2.75) is 26.2 Å². The predicted molar refractivity (Wildman–Crippen MR) is 181 cm³/mol. The summed E-state index contributed by atoms with van der Waals surface area (Å²) in [5, 5.41) is 4.79. The molecule has 1 aliphatic rings. The summed E-state index contributed by atoms with van der Waals surface area (Å²) in [5.41, 5.74) is 6.86. The lowest BCUT2D eigenvalue weighted by Gasteiger charge is -2.21. The monoisotopic (exact) mass is 575 g/mol. The molecule has 7 aromatic rings. The van der Waals surface area contributed by atoms with E-state index < -0.39 is 0 Å². The zero-order valence-corrected chi connectivity index (χ0v) is 25.3. The molecule has 0 amide bonds. The Balaban J connectivity index is 1.20. The number of nitrogens with zero attached hydrogens (tertiary/aromatic N) is 5. The Morgan fingerprint density at radius 3 is 2.34 bits per heavy atom. The highest BCUT2D eigenvalue weighted by Crippen LogP contribution is 2.45. The van der Waals surface area contributed by atoms with Crippen molar-refractivity contribution < 1.29 is 4.74 Å². The third-order valence-electron chi connectivity index (χ3n) is 8.65. The average Bonchev–Trinajstić information content (AvgIpc) is 3.55. The van der Waals surface area contributed by atoms with Crippen LogP contribution in [0.1, 0.15) is 26.3 Å². The first-order valence-corrected chi connectivity index (χ1v) is 15.0. The van der Waals surface area contributed by atoms with Crippen LogP contribution in [0.4, 0.5) is 17.1 Å². The largest absolute Gasteiger partial charge is 0.439 e. The molecule has 216 valence electrons. The standard InChI is InChI=1S/C38H33N5O/c1-38(2,3)26-17-19-39-35(21-26)43-32-12-8-7-11-30(32)31-15-14-28(23-34(31)43)44-36-22-27(18-20-40-36)42-24-41(4)33-16-13-25-9-5-6-10-29(25)37(33)42/h5-23H,24H2,1-4H3. The van der Waals surface area contributed by atoms with Crippen LogP contribution in [0, 0.1) is 0 Å². The maximum absolute atomic E-state index is 6.47. The Morgan fingerprint density at radius 1 is 0.705 bits per heavy atom. The van der Waals surface area contributed by atoms with Gasteiger partial charge in [-0.05, 0) is 58.8 Å². The number of fused-ring (bicyclic) bond motifs is 6. The van der Waals surface area contributed by atoms with E-state index in [1.165, 1.54) is 33.1 Å². The van der Waals surface area contributed by atoms with Gasteiger partial charge in [0.25, 0.3) is 0 Å². The number of hydrogen-bond acceptors (Lipinski definition) is 5. The number of para-hydroxylation sites is 1. The number of ether oxygens (including phenoxy) is 1. The van der Waals surface area contributed by atoms with Gasteiger partial charge in [-0.3, -0.25) is 4.57 Å². The molecule has 4 aromatic carbocycles. The topological polar surface area (TPSA) is 46.4 Å². The summed E-state index contributed by atoms with van der Waals surface area (Å²) >= 11 is 0. The fourth-order valence-corrected chi connectivity index (χ4v) is 6.42. The van der Waals surface area contributed by atoms with E-state index in [1.54, 1.807) is 0 Å². The first-order valence-electron chi connectivity index (χ1n) is 15.0. The SMILES string of the molecule is CN1CN(c2ccnc(Oc3ccc4c5ccccc5n(-c5cc(C(C)(C)C)ccn5)c4c3)c2)c2c1ccc1ccccc21. The van der Waals surface area contributed by atoms with Crippen LogP contribution in [-0.4, -0.2) is 28.3 Å². The molecule has 0 unspecified atom stereocenters. The molecule has 0 saturated carbocycles. The van der Waals surface area contributed by atoms with Gasteiger partial charge in [-0.2, -0.15) is 0 Å². The third-order valence-corrected chi connectivity index (χ3v) is 8.65. The van der Waals surface area contributed by atoms with E-state index in [0.29, 0.717) is 5.88 Å². The second-order valence-corrected chi connectivity index (χ2v) is 12.6. The van der Waals surface area contributed by atoms with Crippen LogP contribution in [0.3, 0.4) is 0 Å². The Morgan fingerprint density at radius 2 is 1.48 bits per heavy atom. The van der Waals surface area contributed by atoms with Crippen molar-refractivity contribution in [2.24, 2.45) is 0 Å². The maximum atomic E-state index is 6.47. The van der Waals surface area contributed by atoms with Gasteiger partial charge in [-0.1, -0.05) is 69.3 Å². The molecule has 6 heteroatoms. The molecule has 1 aliphatic heterocycles. The van der Waals surface area contributed by atoms with E-state index in [1.807, 2.05) is 30.6 Å². The lowest BCUT2D eigenvalue weighted by molar-refractivity contribution is 0.463. The van der Waals surface area contributed by atoms with E-state index >= 15 is 0 Å². The highest BCUT2D eigenvalue weighted by Gasteiger charge is 2.27. The molecule has 6 nitrogen and oxygen atoms in total. The van der Waals surface area contributed by atoms with Crippen molar-refractivity contribution in [1.82, 2.24) is 14.5 Å². The highest BCUT2D eigenvalue weighted by molar-refractivity contribution is 6.09. The summed E-state index contributed by atoms with van der Waals surface area (Å²) in [7, 11) is 2.13. The van der Waals surface area contributed by atoms with Gasteiger partial charge < -0.3 is 14.5 Å². The molecule has 0 saturated heterocycles. The van der Waals surface area contributed by atoms with Crippen molar-refractivity contribution in [1.29, 1.82) is 0 Å². The molecule has 8 rings (SSSR count). The molecule has 3 aromatic heterocycles. The molecular formula is C38H33N5O. The van der Waals surface area contributed by atoms with E-state index in [0.717, 1.165) is 40.3 Å². The molecular weight excluding hydrogens is 542 g/mol. The lowest BCUT2D eigenvalue weighted by Crippen LogP contribution is -2.24. The van der Waals surface area contributed by atoms with Crippen molar-refractivity contribution in [3.8, 4) is 17.4 Å². The minimum Gasteiger partial charge on any atom is -0.439 e. The summed E-state index contributed by atoms with van der Waals surface area (Å²) in [5.74, 6) is 2.17. The van der Waals surface area contributed by atoms with Crippen LogP contribution in [0.5, 0.6) is 11.6 Å². The van der Waals surface area contributed by atoms with Crippen LogP contribution >= 0.6 is 0 Å². The number of anilines is 3. The van der Waals surface area contributed by atoms with Gasteiger partial charge >= 0.3 is 0 Å². The predicted octanol–water partition coefficient (Wildman–Crippen LogP) is 9.36. The van der Waals surface area contributed by atoms with Crippen molar-refractivity contribution in [2.75, 3.05) is 23.5 Å². The summed E-state index contributed by atoms with van der Waals surface area (Å²) in [6, 6.07) is 36.1. The minimum absolute atomic E-state index is 0.0123. The van der Waals surface area contributed by atoms with Gasteiger partial charge in [0.15, 0.2) is 0 Å². The molecule has 0 atom stereocenters.